The van der Waals surface area contributed by atoms with Crippen LogP contribution in [0.2, 0.25) is 0 Å². The highest BCUT2D eigenvalue weighted by molar-refractivity contribution is 6.62. The molecule has 34 heavy (non-hydrogen) atoms. The molecule has 180 valence electrons. The van der Waals surface area contributed by atoms with E-state index in [1.54, 1.807) is 44.2 Å². The second-order valence-electron chi connectivity index (χ2n) is 7.66. The van der Waals surface area contributed by atoms with Crippen molar-refractivity contribution in [3.8, 4) is 11.5 Å². The number of hydrogen-bond acceptors (Lipinski definition) is 9. The van der Waals surface area contributed by atoms with E-state index in [1.165, 1.54) is 6.92 Å². The van der Waals surface area contributed by atoms with Gasteiger partial charge in [0.25, 0.3) is 0 Å². The molecule has 0 saturated heterocycles. The van der Waals surface area contributed by atoms with Gasteiger partial charge < -0.3 is 38.7 Å². The van der Waals surface area contributed by atoms with Gasteiger partial charge in [0.1, 0.15) is 11.5 Å². The minimum absolute atomic E-state index is 0.323. The first kappa shape index (κ1) is 25.6. The molecule has 2 unspecified atom stereocenters. The SMILES string of the molecule is CC(Oc1ccc2c(c1)B(O)OC2)C(=O)O.CCOC(=O)C(C)Oc1ccc2c(c1)B(O)OC2. The first-order valence-corrected chi connectivity index (χ1v) is 10.8. The average molecular weight is 472 g/mol. The lowest BCUT2D eigenvalue weighted by Gasteiger charge is -2.14. The van der Waals surface area contributed by atoms with E-state index in [9.17, 15) is 19.6 Å². The number of ether oxygens (including phenoxy) is 3. The van der Waals surface area contributed by atoms with E-state index in [0.29, 0.717) is 42.2 Å². The van der Waals surface area contributed by atoms with Gasteiger partial charge in [0.15, 0.2) is 12.2 Å². The lowest BCUT2D eigenvalue weighted by atomic mass is 9.79. The number of aliphatic carboxylic acids is 1. The van der Waals surface area contributed by atoms with Gasteiger partial charge in [-0.2, -0.15) is 0 Å². The Morgan fingerprint density at radius 1 is 0.912 bits per heavy atom. The lowest BCUT2D eigenvalue weighted by Crippen LogP contribution is -2.29. The number of hydrogen-bond donors (Lipinski definition) is 3. The zero-order valence-corrected chi connectivity index (χ0v) is 19.1. The summed E-state index contributed by atoms with van der Waals surface area (Å²) in [4.78, 5) is 22.0. The summed E-state index contributed by atoms with van der Waals surface area (Å²) in [5.41, 5.74) is 3.14. The van der Waals surface area contributed by atoms with Gasteiger partial charge in [0.2, 0.25) is 0 Å². The molecule has 0 saturated carbocycles. The molecule has 0 aromatic heterocycles. The van der Waals surface area contributed by atoms with E-state index in [4.69, 9.17) is 28.6 Å². The van der Waals surface area contributed by atoms with Gasteiger partial charge in [-0.25, -0.2) is 9.59 Å². The van der Waals surface area contributed by atoms with E-state index in [2.05, 4.69) is 0 Å². The first-order chi connectivity index (χ1) is 16.2. The maximum absolute atomic E-state index is 11.4. The molecule has 0 amide bonds. The molecule has 3 N–H and O–H groups in total. The third-order valence-corrected chi connectivity index (χ3v) is 5.15. The number of carbonyl (C=O) groups is 2. The Bertz CT molecular complexity index is 1030. The van der Waals surface area contributed by atoms with Crippen LogP contribution in [0.15, 0.2) is 36.4 Å². The molecule has 0 aliphatic carbocycles. The molecule has 2 aromatic carbocycles. The molecular formula is C22H26B2O10. The van der Waals surface area contributed by atoms with Crippen LogP contribution in [-0.4, -0.2) is 60.1 Å². The highest BCUT2D eigenvalue weighted by atomic mass is 16.6. The number of benzene rings is 2. The Labute approximate surface area is 197 Å². The van der Waals surface area contributed by atoms with Crippen LogP contribution in [0, 0.1) is 0 Å². The molecule has 0 bridgehead atoms. The summed E-state index contributed by atoms with van der Waals surface area (Å²) in [5, 5.41) is 27.7. The van der Waals surface area contributed by atoms with E-state index in [-0.39, 0.29) is 0 Å². The minimum Gasteiger partial charge on any atom is -0.479 e. The Balaban J connectivity index is 0.000000192. The van der Waals surface area contributed by atoms with Crippen molar-refractivity contribution in [2.75, 3.05) is 6.61 Å². The van der Waals surface area contributed by atoms with Crippen LogP contribution in [0.1, 0.15) is 31.9 Å². The Kier molecular flexibility index (Phi) is 8.56. The Morgan fingerprint density at radius 2 is 1.38 bits per heavy atom. The Hall–Kier alpha value is -3.05. The smallest absolute Gasteiger partial charge is 0.479 e. The van der Waals surface area contributed by atoms with Crippen molar-refractivity contribution in [2.45, 2.75) is 46.2 Å². The quantitative estimate of drug-likeness (QED) is 0.373. The predicted octanol–water partition coefficient (Wildman–Crippen LogP) is -0.00910. The number of esters is 1. The second-order valence-corrected chi connectivity index (χ2v) is 7.66. The van der Waals surface area contributed by atoms with Crippen LogP contribution in [0.4, 0.5) is 0 Å². The molecule has 2 aliphatic rings. The van der Waals surface area contributed by atoms with E-state index < -0.39 is 38.4 Å². The molecule has 2 heterocycles. The fraction of sp³-hybridized carbons (Fsp3) is 0.364. The average Bonchev–Trinajstić information content (AvgIpc) is 3.36. The zero-order valence-electron chi connectivity index (χ0n) is 19.1. The van der Waals surface area contributed by atoms with Crippen molar-refractivity contribution in [3.05, 3.63) is 47.5 Å². The van der Waals surface area contributed by atoms with Gasteiger partial charge in [0, 0.05) is 0 Å². The normalized spacial score (nSPS) is 15.4. The topological polar surface area (TPSA) is 141 Å². The number of carboxylic acids is 1. The van der Waals surface area contributed by atoms with Crippen molar-refractivity contribution in [1.29, 1.82) is 0 Å². The van der Waals surface area contributed by atoms with E-state index in [0.717, 1.165) is 11.1 Å². The number of carbonyl (C=O) groups excluding carboxylic acids is 1. The van der Waals surface area contributed by atoms with E-state index in [1.807, 2.05) is 6.07 Å². The van der Waals surface area contributed by atoms with Gasteiger partial charge in [-0.1, -0.05) is 12.1 Å². The molecule has 0 fully saturated rings. The molecule has 12 heteroatoms. The molecule has 0 spiro atoms. The third kappa shape index (κ3) is 6.29. The van der Waals surface area contributed by atoms with Crippen LogP contribution in [0.5, 0.6) is 11.5 Å². The van der Waals surface area contributed by atoms with Crippen molar-refractivity contribution >= 4 is 37.1 Å². The fourth-order valence-electron chi connectivity index (χ4n) is 3.30. The summed E-state index contributed by atoms with van der Waals surface area (Å²) in [5.74, 6) is -0.510. The summed E-state index contributed by atoms with van der Waals surface area (Å²) in [7, 11) is -1.86. The van der Waals surface area contributed by atoms with Crippen molar-refractivity contribution < 1.29 is 48.3 Å². The maximum atomic E-state index is 11.4. The predicted molar refractivity (Wildman–Crippen MR) is 122 cm³/mol. The number of fused-ring (bicyclic) bond motifs is 2. The number of rotatable bonds is 7. The van der Waals surface area contributed by atoms with Gasteiger partial charge >= 0.3 is 26.2 Å². The van der Waals surface area contributed by atoms with Crippen LogP contribution >= 0.6 is 0 Å². The lowest BCUT2D eigenvalue weighted by molar-refractivity contribution is -0.150. The van der Waals surface area contributed by atoms with Crippen LogP contribution in [-0.2, 0) is 36.8 Å². The van der Waals surface area contributed by atoms with E-state index >= 15 is 0 Å². The molecule has 10 nitrogen and oxygen atoms in total. The monoisotopic (exact) mass is 472 g/mol. The standard InChI is InChI=1S/C12H15BO5.C10H11BO5/c1-3-16-12(14)8(2)18-10-5-4-9-7-17-13(15)11(9)6-10;1-6(10(12)13)16-8-3-2-7-5-15-11(14)9(7)4-8/h4-6,8,15H,3,7H2,1-2H3;2-4,6,14H,5H2,1H3,(H,12,13). The van der Waals surface area contributed by atoms with Crippen LogP contribution < -0.4 is 20.4 Å². The first-order valence-electron chi connectivity index (χ1n) is 10.8. The van der Waals surface area contributed by atoms with Gasteiger partial charge in [-0.3, -0.25) is 0 Å². The summed E-state index contributed by atoms with van der Waals surface area (Å²) < 4.78 is 25.6. The minimum atomic E-state index is -1.03. The van der Waals surface area contributed by atoms with Crippen LogP contribution in [0.25, 0.3) is 0 Å². The fourth-order valence-corrected chi connectivity index (χ4v) is 3.30. The molecule has 2 aliphatic heterocycles. The molecule has 4 rings (SSSR count). The maximum Gasteiger partial charge on any atom is 0.491 e. The highest BCUT2D eigenvalue weighted by Crippen LogP contribution is 2.18. The molecule has 2 aromatic rings. The summed E-state index contributed by atoms with van der Waals surface area (Å²) in [6.45, 7) is 5.90. The number of carboxylic acid groups (broad SMARTS) is 1. The molecular weight excluding hydrogens is 446 g/mol. The summed E-state index contributed by atoms with van der Waals surface area (Å²) in [6, 6.07) is 10.3. The van der Waals surface area contributed by atoms with Crippen LogP contribution in [0.3, 0.4) is 0 Å². The zero-order chi connectivity index (χ0) is 24.8. The molecule has 2 atom stereocenters. The van der Waals surface area contributed by atoms with Crippen molar-refractivity contribution in [2.24, 2.45) is 0 Å². The van der Waals surface area contributed by atoms with Crippen molar-refractivity contribution in [3.63, 3.8) is 0 Å². The summed E-state index contributed by atoms with van der Waals surface area (Å²) >= 11 is 0. The van der Waals surface area contributed by atoms with Gasteiger partial charge in [0.05, 0.1) is 19.8 Å². The second kappa shape index (κ2) is 11.4. The Morgan fingerprint density at radius 3 is 1.82 bits per heavy atom. The third-order valence-electron chi connectivity index (χ3n) is 5.15. The molecule has 0 radical (unpaired) electrons. The summed E-state index contributed by atoms with van der Waals surface area (Å²) in [6.07, 6.45) is -1.60. The van der Waals surface area contributed by atoms with Crippen molar-refractivity contribution in [1.82, 2.24) is 0 Å². The van der Waals surface area contributed by atoms with Gasteiger partial charge in [-0.15, -0.1) is 0 Å². The van der Waals surface area contributed by atoms with Gasteiger partial charge in [-0.05, 0) is 67.1 Å². The highest BCUT2D eigenvalue weighted by Gasteiger charge is 2.29. The largest absolute Gasteiger partial charge is 0.491 e.